The highest BCUT2D eigenvalue weighted by Gasteiger charge is 2.52. The van der Waals surface area contributed by atoms with Gasteiger partial charge in [-0.15, -0.1) is 0 Å². The van der Waals surface area contributed by atoms with Crippen LogP contribution >= 0.6 is 7.82 Å². The number of aliphatic hydroxyl groups is 2. The molecule has 0 aliphatic carbocycles. The summed E-state index contributed by atoms with van der Waals surface area (Å²) in [7, 11) is -4.95. The molecule has 0 spiro atoms. The summed E-state index contributed by atoms with van der Waals surface area (Å²) in [6, 6.07) is 0. The van der Waals surface area contributed by atoms with Crippen LogP contribution in [-0.4, -0.2) is 117 Å². The standard InChI is InChI=1S/C22H25N10O11P/c23-17-11-19(27-4-25-17)31(6-29-11)21-14(35)15-9(41-21)1-38-3-10(33)42-16-13(34)8(2-39-44(36,37)43-15)40-22(16)32-7-30-12-18(24)26-5-28-20(12)32/h4-9,13-16,21-22,34-35H,1-3H2,(H,36,37)(H2,23,25,27)(H2,24,26,28). The van der Waals surface area contributed by atoms with Crippen molar-refractivity contribution in [1.29, 1.82) is 0 Å². The van der Waals surface area contributed by atoms with Gasteiger partial charge in [-0.1, -0.05) is 0 Å². The molecule has 234 valence electrons. The highest BCUT2D eigenvalue weighted by atomic mass is 31.2. The number of fused-ring (bicyclic) bond motifs is 5. The van der Waals surface area contributed by atoms with Crippen LogP contribution in [0, 0.1) is 0 Å². The molecule has 7 rings (SSSR count). The number of anilines is 2. The summed E-state index contributed by atoms with van der Waals surface area (Å²) in [6.07, 6.45) is -5.85. The molecule has 21 nitrogen and oxygen atoms in total. The van der Waals surface area contributed by atoms with Gasteiger partial charge in [-0.2, -0.15) is 0 Å². The van der Waals surface area contributed by atoms with Crippen LogP contribution in [0.1, 0.15) is 12.5 Å². The maximum absolute atomic E-state index is 13.1. The summed E-state index contributed by atoms with van der Waals surface area (Å²) < 4.78 is 49.2. The van der Waals surface area contributed by atoms with Gasteiger partial charge in [0.25, 0.3) is 0 Å². The number of nitrogens with zero attached hydrogens (tertiary/aromatic N) is 8. The smallest absolute Gasteiger partial charge is 0.453 e. The van der Waals surface area contributed by atoms with Crippen LogP contribution < -0.4 is 11.5 Å². The molecule has 3 saturated heterocycles. The predicted molar refractivity (Wildman–Crippen MR) is 141 cm³/mol. The largest absolute Gasteiger partial charge is 0.472 e. The number of hydrogen-bond acceptors (Lipinski definition) is 18. The molecular weight excluding hydrogens is 611 g/mol. The first kappa shape index (κ1) is 28.8. The number of hydrogen-bond donors (Lipinski definition) is 5. The van der Waals surface area contributed by atoms with Crippen LogP contribution in [0.5, 0.6) is 0 Å². The molecule has 22 heteroatoms. The first-order valence-corrected chi connectivity index (χ1v) is 14.6. The third-order valence-electron chi connectivity index (χ3n) is 7.37. The van der Waals surface area contributed by atoms with E-state index in [1.54, 1.807) is 0 Å². The Hall–Kier alpha value is -3.92. The lowest BCUT2D eigenvalue weighted by Crippen LogP contribution is -2.40. The summed E-state index contributed by atoms with van der Waals surface area (Å²) in [5.41, 5.74) is 12.6. The van der Waals surface area contributed by atoms with Gasteiger partial charge in [0.05, 0.1) is 25.9 Å². The lowest BCUT2D eigenvalue weighted by Gasteiger charge is -2.25. The third kappa shape index (κ3) is 4.93. The third-order valence-corrected chi connectivity index (χ3v) is 8.36. The number of rotatable bonds is 2. The number of carbonyl (C=O) groups excluding carboxylic acids is 1. The molecule has 0 amide bonds. The minimum Gasteiger partial charge on any atom is -0.453 e. The number of phosphoric ester groups is 1. The molecule has 3 fully saturated rings. The van der Waals surface area contributed by atoms with Crippen LogP contribution in [0.2, 0.25) is 0 Å². The number of carbonyl (C=O) groups is 1. The van der Waals surface area contributed by atoms with Crippen molar-refractivity contribution >= 4 is 47.8 Å². The number of phosphoric acid groups is 1. The minimum atomic E-state index is -4.95. The van der Waals surface area contributed by atoms with E-state index in [0.29, 0.717) is 0 Å². The zero-order valence-corrected chi connectivity index (χ0v) is 23.2. The quantitative estimate of drug-likeness (QED) is 0.115. The topological polar surface area (TPSA) is 289 Å². The number of ether oxygens (including phenoxy) is 4. The van der Waals surface area contributed by atoms with E-state index >= 15 is 0 Å². The van der Waals surface area contributed by atoms with E-state index < -0.39 is 82.7 Å². The Kier molecular flexibility index (Phi) is 7.15. The predicted octanol–water partition coefficient (Wildman–Crippen LogP) is -2.21. The van der Waals surface area contributed by atoms with Gasteiger partial charge < -0.3 is 45.5 Å². The molecule has 3 aliphatic rings. The second-order valence-corrected chi connectivity index (χ2v) is 11.5. The zero-order chi connectivity index (χ0) is 30.7. The van der Waals surface area contributed by atoms with Gasteiger partial charge in [0.15, 0.2) is 41.5 Å². The second kappa shape index (κ2) is 10.9. The average Bonchev–Trinajstić information content (AvgIpc) is 3.74. The number of nitrogen functional groups attached to an aromatic ring is 2. The van der Waals surface area contributed by atoms with Crippen LogP contribution in [0.4, 0.5) is 11.6 Å². The highest BCUT2D eigenvalue weighted by Crippen LogP contribution is 2.49. The zero-order valence-electron chi connectivity index (χ0n) is 22.3. The molecule has 7 heterocycles. The number of esters is 1. The van der Waals surface area contributed by atoms with Crippen LogP contribution in [0.15, 0.2) is 25.3 Å². The van der Waals surface area contributed by atoms with Crippen LogP contribution in [-0.2, 0) is 37.4 Å². The lowest BCUT2D eigenvalue weighted by molar-refractivity contribution is -0.165. The molecule has 2 bridgehead atoms. The van der Waals surface area contributed by atoms with E-state index in [1.165, 1.54) is 34.4 Å². The number of aromatic nitrogens is 8. The second-order valence-electron chi connectivity index (χ2n) is 10.1. The van der Waals surface area contributed by atoms with E-state index in [4.69, 9.17) is 39.5 Å². The summed E-state index contributed by atoms with van der Waals surface area (Å²) in [5.74, 6) is -0.708. The van der Waals surface area contributed by atoms with Crippen molar-refractivity contribution in [3.05, 3.63) is 25.3 Å². The molecule has 4 aromatic rings. The Labute approximate surface area is 245 Å². The van der Waals surface area contributed by atoms with E-state index in [2.05, 4.69) is 29.9 Å². The van der Waals surface area contributed by atoms with E-state index in [-0.39, 0.29) is 34.0 Å². The molecule has 7 N–H and O–H groups in total. The summed E-state index contributed by atoms with van der Waals surface area (Å²) in [5, 5.41) is 22.2. The summed E-state index contributed by atoms with van der Waals surface area (Å²) >= 11 is 0. The van der Waals surface area contributed by atoms with Gasteiger partial charge in [0.1, 0.15) is 60.8 Å². The number of aliphatic hydroxyl groups excluding tert-OH is 2. The molecular formula is C22H25N10O11P. The van der Waals surface area contributed by atoms with Crippen molar-refractivity contribution in [3.8, 4) is 0 Å². The molecule has 0 radical (unpaired) electrons. The van der Waals surface area contributed by atoms with Gasteiger partial charge in [0.2, 0.25) is 0 Å². The first-order valence-electron chi connectivity index (χ1n) is 13.1. The Balaban J connectivity index is 1.15. The molecule has 0 saturated carbocycles. The molecule has 4 aromatic heterocycles. The Bertz CT molecular complexity index is 1770. The maximum atomic E-state index is 13.1. The van der Waals surface area contributed by atoms with Crippen molar-refractivity contribution in [2.75, 3.05) is 31.3 Å². The van der Waals surface area contributed by atoms with Crippen LogP contribution in [0.25, 0.3) is 22.3 Å². The van der Waals surface area contributed by atoms with Crippen molar-refractivity contribution < 1.29 is 52.5 Å². The normalized spacial score (nSPS) is 35.0. The fourth-order valence-corrected chi connectivity index (χ4v) is 6.29. The molecule has 44 heavy (non-hydrogen) atoms. The first-order chi connectivity index (χ1) is 21.1. The Morgan fingerprint density at radius 1 is 0.818 bits per heavy atom. The average molecular weight is 636 g/mol. The molecule has 9 atom stereocenters. The van der Waals surface area contributed by atoms with Crippen molar-refractivity contribution in [2.45, 2.75) is 49.1 Å². The fourth-order valence-electron chi connectivity index (χ4n) is 5.33. The fraction of sp³-hybridized carbons (Fsp3) is 0.500. The summed E-state index contributed by atoms with van der Waals surface area (Å²) in [4.78, 5) is 47.8. The Morgan fingerprint density at radius 2 is 1.43 bits per heavy atom. The van der Waals surface area contributed by atoms with E-state index in [1.807, 2.05) is 0 Å². The van der Waals surface area contributed by atoms with Crippen molar-refractivity contribution in [1.82, 2.24) is 39.0 Å². The molecule has 3 aliphatic heterocycles. The SMILES string of the molecule is Nc1ncnc2c1ncn2C1OC2COCC(=O)OC3C(O)C(COP(=O)(O)OC2C1O)OC3n1cnc2c(N)ncnc21. The lowest BCUT2D eigenvalue weighted by atomic mass is 10.1. The Morgan fingerprint density at radius 3 is 2.09 bits per heavy atom. The molecule has 0 aromatic carbocycles. The highest BCUT2D eigenvalue weighted by molar-refractivity contribution is 7.47. The van der Waals surface area contributed by atoms with Gasteiger partial charge in [0, 0.05) is 0 Å². The van der Waals surface area contributed by atoms with E-state index in [0.717, 1.165) is 0 Å². The van der Waals surface area contributed by atoms with Crippen molar-refractivity contribution in [2.24, 2.45) is 0 Å². The van der Waals surface area contributed by atoms with Crippen molar-refractivity contribution in [3.63, 3.8) is 0 Å². The maximum Gasteiger partial charge on any atom is 0.472 e. The number of nitrogens with two attached hydrogens (primary N) is 2. The van der Waals surface area contributed by atoms with Gasteiger partial charge in [-0.05, 0) is 0 Å². The van der Waals surface area contributed by atoms with E-state index in [9.17, 15) is 24.5 Å². The van der Waals surface area contributed by atoms with Gasteiger partial charge >= 0.3 is 13.8 Å². The molecule has 9 unspecified atom stereocenters. The van der Waals surface area contributed by atoms with Crippen LogP contribution in [0.3, 0.4) is 0 Å². The van der Waals surface area contributed by atoms with Gasteiger partial charge in [-0.3, -0.25) is 18.2 Å². The minimum absolute atomic E-state index is 0.0849. The monoisotopic (exact) mass is 636 g/mol. The summed E-state index contributed by atoms with van der Waals surface area (Å²) in [6.45, 7) is -1.70. The number of imidazole rings is 2. The van der Waals surface area contributed by atoms with Gasteiger partial charge in [-0.25, -0.2) is 39.3 Å².